The molecule has 0 radical (unpaired) electrons. The van der Waals surface area contributed by atoms with Crippen molar-refractivity contribution in [3.05, 3.63) is 41.0 Å². The Hall–Kier alpha value is -1.12. The lowest BCUT2D eigenvalue weighted by Gasteiger charge is -2.33. The van der Waals surface area contributed by atoms with Crippen LogP contribution in [0.5, 0.6) is 0 Å². The Bertz CT molecular complexity index is 756. The summed E-state index contributed by atoms with van der Waals surface area (Å²) in [6.45, 7) is 9.49. The minimum Gasteiger partial charge on any atom is -0.380 e. The smallest absolute Gasteiger partial charge is 0.0598 e. The first-order valence-corrected chi connectivity index (χ1v) is 13.9. The molecule has 0 amide bonds. The molecule has 32 heavy (non-hydrogen) atoms. The lowest BCUT2D eigenvalue weighted by Crippen LogP contribution is -2.38. The van der Waals surface area contributed by atoms with E-state index in [1.807, 2.05) is 0 Å². The number of nitrogens with one attached hydrogen (secondary N) is 1. The number of rotatable bonds is 10. The minimum atomic E-state index is 0.0168. The van der Waals surface area contributed by atoms with Gasteiger partial charge in [-0.15, -0.1) is 0 Å². The standard InChI is InChI=1S/C30H47NO/c1-4-19-31-23(3)20-30(22-32-5-2)21-27(25-15-10-7-11-16-25)29-26(17-12-18-28(29)30)24-13-8-6-9-14-24/h12,17-18,21,23-25,31H,4-11,13-16,19-20,22H2,1-3H3. The molecule has 2 fully saturated rings. The van der Waals surface area contributed by atoms with Crippen LogP contribution in [0.1, 0.15) is 120 Å². The first-order valence-electron chi connectivity index (χ1n) is 13.9. The van der Waals surface area contributed by atoms with Gasteiger partial charge in [0.05, 0.1) is 6.61 Å². The molecule has 2 unspecified atom stereocenters. The molecule has 0 saturated heterocycles. The highest BCUT2D eigenvalue weighted by molar-refractivity contribution is 5.81. The Morgan fingerprint density at radius 2 is 1.66 bits per heavy atom. The third kappa shape index (κ3) is 5.17. The van der Waals surface area contributed by atoms with E-state index in [4.69, 9.17) is 4.74 Å². The van der Waals surface area contributed by atoms with Crippen LogP contribution in [-0.4, -0.2) is 25.8 Å². The second-order valence-electron chi connectivity index (χ2n) is 10.9. The van der Waals surface area contributed by atoms with Crippen LogP contribution in [-0.2, 0) is 10.2 Å². The summed E-state index contributed by atoms with van der Waals surface area (Å²) in [5.41, 5.74) is 6.63. The van der Waals surface area contributed by atoms with Gasteiger partial charge >= 0.3 is 0 Å². The highest BCUT2D eigenvalue weighted by atomic mass is 16.5. The van der Waals surface area contributed by atoms with E-state index >= 15 is 0 Å². The second-order valence-corrected chi connectivity index (χ2v) is 10.9. The molecule has 0 heterocycles. The van der Waals surface area contributed by atoms with Crippen molar-refractivity contribution >= 4 is 5.57 Å². The summed E-state index contributed by atoms with van der Waals surface area (Å²) in [6, 6.07) is 7.80. The number of benzene rings is 1. The molecule has 1 aromatic carbocycles. The predicted molar refractivity (Wildman–Crippen MR) is 137 cm³/mol. The van der Waals surface area contributed by atoms with E-state index in [-0.39, 0.29) is 5.41 Å². The number of hydrogen-bond acceptors (Lipinski definition) is 2. The van der Waals surface area contributed by atoms with Crippen LogP contribution >= 0.6 is 0 Å². The van der Waals surface area contributed by atoms with E-state index in [9.17, 15) is 0 Å². The molecule has 0 bridgehead atoms. The molecule has 0 aromatic heterocycles. The van der Waals surface area contributed by atoms with Crippen molar-refractivity contribution in [1.82, 2.24) is 5.32 Å². The van der Waals surface area contributed by atoms with Crippen LogP contribution < -0.4 is 5.32 Å². The van der Waals surface area contributed by atoms with Gasteiger partial charge in [0.15, 0.2) is 0 Å². The van der Waals surface area contributed by atoms with Crippen molar-refractivity contribution in [3.8, 4) is 0 Å². The van der Waals surface area contributed by atoms with Crippen molar-refractivity contribution in [1.29, 1.82) is 0 Å². The van der Waals surface area contributed by atoms with Crippen molar-refractivity contribution < 1.29 is 4.74 Å². The highest BCUT2D eigenvalue weighted by Crippen LogP contribution is 2.52. The van der Waals surface area contributed by atoms with E-state index in [0.717, 1.165) is 38.0 Å². The van der Waals surface area contributed by atoms with Gasteiger partial charge < -0.3 is 10.1 Å². The van der Waals surface area contributed by atoms with Gasteiger partial charge in [0.2, 0.25) is 0 Å². The Balaban J connectivity index is 1.77. The molecule has 4 rings (SSSR count). The third-order valence-electron chi connectivity index (χ3n) is 8.42. The molecule has 178 valence electrons. The molecular weight excluding hydrogens is 390 g/mol. The maximum atomic E-state index is 6.23. The fraction of sp³-hybridized carbons (Fsp3) is 0.733. The largest absolute Gasteiger partial charge is 0.380 e. The van der Waals surface area contributed by atoms with Crippen LogP contribution in [0.15, 0.2) is 24.3 Å². The molecule has 0 aliphatic heterocycles. The first-order chi connectivity index (χ1) is 15.7. The Morgan fingerprint density at radius 1 is 0.969 bits per heavy atom. The van der Waals surface area contributed by atoms with Gasteiger partial charge in [-0.3, -0.25) is 0 Å². The summed E-state index contributed by atoms with van der Waals surface area (Å²) in [7, 11) is 0. The Morgan fingerprint density at radius 3 is 2.31 bits per heavy atom. The van der Waals surface area contributed by atoms with Crippen molar-refractivity contribution in [2.24, 2.45) is 5.92 Å². The fourth-order valence-corrected chi connectivity index (χ4v) is 6.88. The van der Waals surface area contributed by atoms with Gasteiger partial charge in [-0.25, -0.2) is 0 Å². The molecule has 2 saturated carbocycles. The molecule has 2 heteroatoms. The lowest BCUT2D eigenvalue weighted by molar-refractivity contribution is 0.103. The van der Waals surface area contributed by atoms with Crippen LogP contribution in [0, 0.1) is 5.92 Å². The normalized spacial score (nSPS) is 25.5. The van der Waals surface area contributed by atoms with Crippen LogP contribution in [0.4, 0.5) is 0 Å². The van der Waals surface area contributed by atoms with E-state index in [2.05, 4.69) is 50.4 Å². The molecule has 2 atom stereocenters. The van der Waals surface area contributed by atoms with E-state index in [0.29, 0.717) is 6.04 Å². The summed E-state index contributed by atoms with van der Waals surface area (Å²) in [5, 5.41) is 3.78. The molecule has 3 aliphatic carbocycles. The maximum Gasteiger partial charge on any atom is 0.0598 e. The molecule has 1 N–H and O–H groups in total. The van der Waals surface area contributed by atoms with Gasteiger partial charge in [0.25, 0.3) is 0 Å². The van der Waals surface area contributed by atoms with Crippen LogP contribution in [0.3, 0.4) is 0 Å². The lowest BCUT2D eigenvalue weighted by atomic mass is 9.74. The molecule has 0 spiro atoms. The van der Waals surface area contributed by atoms with Gasteiger partial charge in [0, 0.05) is 18.1 Å². The summed E-state index contributed by atoms with van der Waals surface area (Å²) >= 11 is 0. The van der Waals surface area contributed by atoms with Gasteiger partial charge in [-0.05, 0) is 93.0 Å². The zero-order valence-electron chi connectivity index (χ0n) is 21.1. The topological polar surface area (TPSA) is 21.3 Å². The van der Waals surface area contributed by atoms with Crippen molar-refractivity contribution in [2.75, 3.05) is 19.8 Å². The second kappa shape index (κ2) is 11.3. The number of ether oxygens (including phenoxy) is 1. The Kier molecular flexibility index (Phi) is 8.51. The molecule has 3 aliphatic rings. The van der Waals surface area contributed by atoms with E-state index < -0.39 is 0 Å². The first kappa shape index (κ1) is 24.0. The fourth-order valence-electron chi connectivity index (χ4n) is 6.88. The maximum absolute atomic E-state index is 6.23. The summed E-state index contributed by atoms with van der Waals surface area (Å²) in [6.07, 6.45) is 19.0. The van der Waals surface area contributed by atoms with Crippen LogP contribution in [0.25, 0.3) is 5.57 Å². The summed E-state index contributed by atoms with van der Waals surface area (Å²) in [5.74, 6) is 1.50. The number of hydrogen-bond donors (Lipinski definition) is 1. The zero-order valence-corrected chi connectivity index (χ0v) is 21.1. The quantitative estimate of drug-likeness (QED) is 0.404. The summed E-state index contributed by atoms with van der Waals surface area (Å²) in [4.78, 5) is 0. The van der Waals surface area contributed by atoms with Gasteiger partial charge in [-0.1, -0.05) is 69.7 Å². The zero-order chi connectivity index (χ0) is 22.4. The monoisotopic (exact) mass is 437 g/mol. The van der Waals surface area contributed by atoms with E-state index in [1.165, 1.54) is 70.6 Å². The molecule has 2 nitrogen and oxygen atoms in total. The predicted octanol–water partition coefficient (Wildman–Crippen LogP) is 7.76. The van der Waals surface area contributed by atoms with E-state index in [1.54, 1.807) is 22.3 Å². The third-order valence-corrected chi connectivity index (χ3v) is 8.42. The molecule has 1 aromatic rings. The average molecular weight is 438 g/mol. The molecular formula is C30H47NO. The number of fused-ring (bicyclic) bond motifs is 1. The highest BCUT2D eigenvalue weighted by Gasteiger charge is 2.43. The SMILES string of the molecule is CCCNC(C)CC1(COCC)C=C(C2CCCCC2)c2c(C3CCCCC3)cccc21. The van der Waals surface area contributed by atoms with Crippen LogP contribution in [0.2, 0.25) is 0 Å². The average Bonchev–Trinajstić information content (AvgIpc) is 3.17. The Labute approximate surface area is 197 Å². The van der Waals surface area contributed by atoms with Gasteiger partial charge in [0.1, 0.15) is 0 Å². The van der Waals surface area contributed by atoms with Gasteiger partial charge in [-0.2, -0.15) is 0 Å². The van der Waals surface area contributed by atoms with Crippen molar-refractivity contribution in [3.63, 3.8) is 0 Å². The summed E-state index contributed by atoms with van der Waals surface area (Å²) < 4.78 is 6.23. The minimum absolute atomic E-state index is 0.0168. The van der Waals surface area contributed by atoms with Crippen molar-refractivity contribution in [2.45, 2.75) is 115 Å². The number of allylic oxidation sites excluding steroid dienone is 1.